The molecule has 166 valence electrons. The maximum absolute atomic E-state index is 13.1. The molecule has 0 fully saturated rings. The van der Waals surface area contributed by atoms with Crippen LogP contribution in [0.5, 0.6) is 5.75 Å². The number of fused-ring (bicyclic) bond motifs is 1. The topological polar surface area (TPSA) is 119 Å². The van der Waals surface area contributed by atoms with E-state index in [9.17, 15) is 24.8 Å². The van der Waals surface area contributed by atoms with Crippen molar-refractivity contribution in [3.63, 3.8) is 0 Å². The van der Waals surface area contributed by atoms with Crippen molar-refractivity contribution in [2.75, 3.05) is 0 Å². The molecule has 3 rings (SSSR count). The van der Waals surface area contributed by atoms with Gasteiger partial charge in [-0.3, -0.25) is 14.9 Å². The van der Waals surface area contributed by atoms with Gasteiger partial charge in [0.25, 0.3) is 11.6 Å². The normalized spacial score (nSPS) is 12.2. The van der Waals surface area contributed by atoms with Gasteiger partial charge in [-0.1, -0.05) is 51.1 Å². The maximum Gasteiger partial charge on any atom is 0.326 e. The van der Waals surface area contributed by atoms with Gasteiger partial charge in [0.05, 0.1) is 10.5 Å². The number of rotatable bonds is 7. The molecule has 0 bridgehead atoms. The Morgan fingerprint density at radius 3 is 2.31 bits per heavy atom. The van der Waals surface area contributed by atoms with Gasteiger partial charge in [-0.25, -0.2) is 4.79 Å². The zero-order chi connectivity index (χ0) is 23.5. The lowest BCUT2D eigenvalue weighted by Gasteiger charge is -2.28. The number of amides is 1. The van der Waals surface area contributed by atoms with E-state index in [0.29, 0.717) is 16.7 Å². The summed E-state index contributed by atoms with van der Waals surface area (Å²) in [5.41, 5.74) is 0.174. The molecule has 1 atom stereocenters. The molecule has 32 heavy (non-hydrogen) atoms. The van der Waals surface area contributed by atoms with Gasteiger partial charge in [0, 0.05) is 17.5 Å². The number of benzene rings is 3. The molecule has 0 spiro atoms. The Morgan fingerprint density at radius 2 is 1.72 bits per heavy atom. The number of hydrogen-bond donors (Lipinski definition) is 2. The summed E-state index contributed by atoms with van der Waals surface area (Å²) in [5, 5.41) is 24.6. The summed E-state index contributed by atoms with van der Waals surface area (Å²) in [7, 11) is 0. The SMILES string of the molecule is CC(C)(C)[C@H](NC(=O)c1ccc2ccccc2c1OCc1ccc([N+](=O)[O-])cc1)C(=O)O. The summed E-state index contributed by atoms with van der Waals surface area (Å²) in [6.07, 6.45) is 0. The van der Waals surface area contributed by atoms with E-state index < -0.39 is 28.3 Å². The Hall–Kier alpha value is -3.94. The van der Waals surface area contributed by atoms with Crippen LogP contribution in [0.25, 0.3) is 10.8 Å². The maximum atomic E-state index is 13.1. The van der Waals surface area contributed by atoms with E-state index in [4.69, 9.17) is 4.74 Å². The first-order valence-electron chi connectivity index (χ1n) is 9.99. The van der Waals surface area contributed by atoms with Gasteiger partial charge in [-0.2, -0.15) is 0 Å². The molecule has 0 radical (unpaired) electrons. The molecule has 2 N–H and O–H groups in total. The Labute approximate surface area is 185 Å². The molecule has 1 amide bonds. The smallest absolute Gasteiger partial charge is 0.326 e. The molecule has 8 heteroatoms. The minimum atomic E-state index is -1.13. The third kappa shape index (κ3) is 5.03. The quantitative estimate of drug-likeness (QED) is 0.414. The fraction of sp³-hybridized carbons (Fsp3) is 0.250. The molecular formula is C24H24N2O6. The molecule has 0 heterocycles. The van der Waals surface area contributed by atoms with E-state index in [1.54, 1.807) is 45.0 Å². The number of carbonyl (C=O) groups excluding carboxylic acids is 1. The second-order valence-electron chi connectivity index (χ2n) is 8.49. The fourth-order valence-electron chi connectivity index (χ4n) is 3.30. The van der Waals surface area contributed by atoms with E-state index in [-0.39, 0.29) is 17.9 Å². The number of aliphatic carboxylic acids is 1. The first-order chi connectivity index (χ1) is 15.1. The second kappa shape index (κ2) is 9.05. The third-order valence-corrected chi connectivity index (χ3v) is 5.04. The van der Waals surface area contributed by atoms with Gasteiger partial charge >= 0.3 is 5.97 Å². The van der Waals surface area contributed by atoms with Gasteiger partial charge in [0.1, 0.15) is 18.4 Å². The van der Waals surface area contributed by atoms with E-state index >= 15 is 0 Å². The van der Waals surface area contributed by atoms with E-state index in [1.165, 1.54) is 12.1 Å². The summed E-state index contributed by atoms with van der Waals surface area (Å²) in [5.74, 6) is -1.37. The molecule has 0 aliphatic rings. The minimum Gasteiger partial charge on any atom is -0.487 e. The highest BCUT2D eigenvalue weighted by molar-refractivity contribution is 6.05. The second-order valence-corrected chi connectivity index (χ2v) is 8.49. The summed E-state index contributed by atoms with van der Waals surface area (Å²) >= 11 is 0. The summed E-state index contributed by atoms with van der Waals surface area (Å²) in [6, 6.07) is 15.6. The van der Waals surface area contributed by atoms with Crippen molar-refractivity contribution in [2.45, 2.75) is 33.4 Å². The molecule has 0 unspecified atom stereocenters. The highest BCUT2D eigenvalue weighted by atomic mass is 16.6. The average Bonchev–Trinajstić information content (AvgIpc) is 2.74. The number of nitrogens with zero attached hydrogens (tertiary/aromatic N) is 1. The number of hydrogen-bond acceptors (Lipinski definition) is 5. The number of carbonyl (C=O) groups is 2. The molecule has 3 aromatic carbocycles. The highest BCUT2D eigenvalue weighted by Crippen LogP contribution is 2.31. The van der Waals surface area contributed by atoms with Crippen molar-refractivity contribution in [3.05, 3.63) is 81.9 Å². The van der Waals surface area contributed by atoms with Gasteiger partial charge in [-0.05, 0) is 34.6 Å². The number of non-ortho nitro benzene ring substituents is 1. The fourth-order valence-corrected chi connectivity index (χ4v) is 3.30. The van der Waals surface area contributed by atoms with Crippen LogP contribution in [-0.2, 0) is 11.4 Å². The number of nitro benzene ring substituents is 1. The summed E-state index contributed by atoms with van der Waals surface area (Å²) in [6.45, 7) is 5.28. The van der Waals surface area contributed by atoms with Crippen LogP contribution in [0.4, 0.5) is 5.69 Å². The van der Waals surface area contributed by atoms with Crippen molar-refractivity contribution in [1.29, 1.82) is 0 Å². The largest absolute Gasteiger partial charge is 0.487 e. The van der Waals surface area contributed by atoms with Crippen molar-refractivity contribution in [1.82, 2.24) is 5.32 Å². The van der Waals surface area contributed by atoms with Crippen LogP contribution in [0.1, 0.15) is 36.7 Å². The van der Waals surface area contributed by atoms with Gasteiger partial charge in [-0.15, -0.1) is 0 Å². The Kier molecular flexibility index (Phi) is 6.43. The number of ether oxygens (including phenoxy) is 1. The lowest BCUT2D eigenvalue weighted by atomic mass is 9.86. The van der Waals surface area contributed by atoms with Gasteiger partial charge in [0.2, 0.25) is 0 Å². The van der Waals surface area contributed by atoms with Crippen molar-refractivity contribution < 1.29 is 24.4 Å². The summed E-state index contributed by atoms with van der Waals surface area (Å²) < 4.78 is 6.01. The molecule has 0 saturated carbocycles. The average molecular weight is 436 g/mol. The predicted octanol–water partition coefficient (Wildman–Crippen LogP) is 4.56. The van der Waals surface area contributed by atoms with E-state index in [1.807, 2.05) is 24.3 Å². The van der Waals surface area contributed by atoms with Crippen LogP contribution < -0.4 is 10.1 Å². The Balaban J connectivity index is 1.95. The molecular weight excluding hydrogens is 412 g/mol. The first-order valence-corrected chi connectivity index (χ1v) is 9.99. The standard InChI is InChI=1S/C24H24N2O6/c1-24(2,3)21(23(28)29)25-22(27)19-13-10-16-6-4-5-7-18(16)20(19)32-14-15-8-11-17(12-9-15)26(30)31/h4-13,21H,14H2,1-3H3,(H,25,27)(H,28,29)/t21-/m1/s1. The van der Waals surface area contributed by atoms with Crippen molar-refractivity contribution in [2.24, 2.45) is 5.41 Å². The van der Waals surface area contributed by atoms with Crippen molar-refractivity contribution in [3.8, 4) is 5.75 Å². The number of nitrogens with one attached hydrogen (secondary N) is 1. The molecule has 0 aromatic heterocycles. The number of carboxylic acids is 1. The van der Waals surface area contributed by atoms with Crippen LogP contribution >= 0.6 is 0 Å². The minimum absolute atomic E-state index is 0.0270. The predicted molar refractivity (Wildman–Crippen MR) is 120 cm³/mol. The van der Waals surface area contributed by atoms with Gasteiger partial charge < -0.3 is 15.2 Å². The monoisotopic (exact) mass is 436 g/mol. The highest BCUT2D eigenvalue weighted by Gasteiger charge is 2.33. The number of carboxylic acid groups (broad SMARTS) is 1. The molecule has 0 aliphatic heterocycles. The third-order valence-electron chi connectivity index (χ3n) is 5.04. The lowest BCUT2D eigenvalue weighted by molar-refractivity contribution is -0.384. The van der Waals surface area contributed by atoms with Crippen LogP contribution in [-0.4, -0.2) is 27.9 Å². The van der Waals surface area contributed by atoms with Crippen LogP contribution in [0.3, 0.4) is 0 Å². The molecule has 8 nitrogen and oxygen atoms in total. The van der Waals surface area contributed by atoms with E-state index in [2.05, 4.69) is 5.32 Å². The zero-order valence-electron chi connectivity index (χ0n) is 18.0. The van der Waals surface area contributed by atoms with Crippen LogP contribution in [0.15, 0.2) is 60.7 Å². The molecule has 3 aromatic rings. The van der Waals surface area contributed by atoms with Gasteiger partial charge in [0.15, 0.2) is 0 Å². The lowest BCUT2D eigenvalue weighted by Crippen LogP contribution is -2.49. The summed E-state index contributed by atoms with van der Waals surface area (Å²) in [4.78, 5) is 35.1. The number of nitro groups is 1. The Morgan fingerprint density at radius 1 is 1.06 bits per heavy atom. The van der Waals surface area contributed by atoms with E-state index in [0.717, 1.165) is 5.39 Å². The Bertz CT molecular complexity index is 1170. The zero-order valence-corrected chi connectivity index (χ0v) is 18.0. The van der Waals surface area contributed by atoms with Crippen molar-refractivity contribution >= 4 is 28.3 Å². The first kappa shape index (κ1) is 22.7. The van der Waals surface area contributed by atoms with Crippen LogP contribution in [0.2, 0.25) is 0 Å². The molecule has 0 saturated heterocycles. The molecule has 0 aliphatic carbocycles. The van der Waals surface area contributed by atoms with Crippen LogP contribution in [0, 0.1) is 15.5 Å².